The molecule has 0 spiro atoms. The zero-order chi connectivity index (χ0) is 15.4. The third kappa shape index (κ3) is 3.62. The standard InChI is InChI=1S/C15H12F2N2O2/c1-9(20)18-13-4-2-3-5-14(13)19-15(21)10-6-7-11(16)12(17)8-10/h2-8H,1H3,(H,18,20)(H,19,21). The monoisotopic (exact) mass is 290 g/mol. The van der Waals surface area contributed by atoms with Crippen molar-refractivity contribution in [2.75, 3.05) is 10.6 Å². The second-order valence-corrected chi connectivity index (χ2v) is 4.31. The molecule has 0 aliphatic carbocycles. The third-order valence-electron chi connectivity index (χ3n) is 2.67. The Kier molecular flexibility index (Phi) is 4.27. The van der Waals surface area contributed by atoms with Crippen LogP contribution in [0.3, 0.4) is 0 Å². The lowest BCUT2D eigenvalue weighted by molar-refractivity contribution is -0.114. The van der Waals surface area contributed by atoms with E-state index in [9.17, 15) is 18.4 Å². The fourth-order valence-corrected chi connectivity index (χ4v) is 1.72. The summed E-state index contributed by atoms with van der Waals surface area (Å²) in [4.78, 5) is 23.1. The molecular formula is C15H12F2N2O2. The number of halogens is 2. The Hall–Kier alpha value is -2.76. The zero-order valence-electron chi connectivity index (χ0n) is 11.1. The third-order valence-corrected chi connectivity index (χ3v) is 2.67. The van der Waals surface area contributed by atoms with Crippen LogP contribution in [0.25, 0.3) is 0 Å². The van der Waals surface area contributed by atoms with Crippen LogP contribution in [0, 0.1) is 11.6 Å². The maximum atomic E-state index is 13.1. The van der Waals surface area contributed by atoms with E-state index in [0.717, 1.165) is 12.1 Å². The highest BCUT2D eigenvalue weighted by molar-refractivity contribution is 6.07. The molecule has 21 heavy (non-hydrogen) atoms. The second kappa shape index (κ2) is 6.13. The number of amides is 2. The summed E-state index contributed by atoms with van der Waals surface area (Å²) >= 11 is 0. The molecule has 2 aromatic rings. The van der Waals surface area contributed by atoms with Crippen molar-refractivity contribution in [2.24, 2.45) is 0 Å². The highest BCUT2D eigenvalue weighted by Gasteiger charge is 2.12. The van der Waals surface area contributed by atoms with Crippen LogP contribution in [0.4, 0.5) is 20.2 Å². The minimum absolute atomic E-state index is 0.0217. The molecule has 2 aromatic carbocycles. The molecule has 108 valence electrons. The van der Waals surface area contributed by atoms with Crippen LogP contribution in [0.5, 0.6) is 0 Å². The Balaban J connectivity index is 2.23. The number of carbonyl (C=O) groups is 2. The highest BCUT2D eigenvalue weighted by atomic mass is 19.2. The number of anilines is 2. The van der Waals surface area contributed by atoms with Crippen LogP contribution in [-0.2, 0) is 4.79 Å². The molecule has 6 heteroatoms. The largest absolute Gasteiger partial charge is 0.325 e. The van der Waals surface area contributed by atoms with Crippen molar-refractivity contribution in [1.29, 1.82) is 0 Å². The molecule has 2 amide bonds. The minimum Gasteiger partial charge on any atom is -0.325 e. The highest BCUT2D eigenvalue weighted by Crippen LogP contribution is 2.22. The molecule has 2 rings (SSSR count). The van der Waals surface area contributed by atoms with Gasteiger partial charge in [-0.1, -0.05) is 12.1 Å². The van der Waals surface area contributed by atoms with Crippen molar-refractivity contribution in [3.05, 3.63) is 59.7 Å². The first-order valence-corrected chi connectivity index (χ1v) is 6.10. The van der Waals surface area contributed by atoms with E-state index < -0.39 is 17.5 Å². The lowest BCUT2D eigenvalue weighted by Gasteiger charge is -2.11. The van der Waals surface area contributed by atoms with Gasteiger partial charge < -0.3 is 10.6 Å². The van der Waals surface area contributed by atoms with Crippen LogP contribution >= 0.6 is 0 Å². The van der Waals surface area contributed by atoms with E-state index >= 15 is 0 Å². The Bertz CT molecular complexity index is 702. The van der Waals surface area contributed by atoms with Crippen LogP contribution in [0.1, 0.15) is 17.3 Å². The van der Waals surface area contributed by atoms with E-state index in [-0.39, 0.29) is 11.5 Å². The molecule has 0 aliphatic rings. The molecule has 4 nitrogen and oxygen atoms in total. The van der Waals surface area contributed by atoms with E-state index in [1.165, 1.54) is 13.0 Å². The maximum absolute atomic E-state index is 13.1. The second-order valence-electron chi connectivity index (χ2n) is 4.31. The summed E-state index contributed by atoms with van der Waals surface area (Å²) in [7, 11) is 0. The van der Waals surface area contributed by atoms with E-state index in [0.29, 0.717) is 11.4 Å². The van der Waals surface area contributed by atoms with Crippen LogP contribution in [-0.4, -0.2) is 11.8 Å². The molecule has 0 unspecified atom stereocenters. The van der Waals surface area contributed by atoms with Gasteiger partial charge in [0.05, 0.1) is 11.4 Å². The smallest absolute Gasteiger partial charge is 0.255 e. The molecule has 0 atom stereocenters. The van der Waals surface area contributed by atoms with Crippen molar-refractivity contribution >= 4 is 23.2 Å². The Morgan fingerprint density at radius 2 is 1.52 bits per heavy atom. The van der Waals surface area contributed by atoms with Gasteiger partial charge >= 0.3 is 0 Å². The van der Waals surface area contributed by atoms with Gasteiger partial charge in [-0.05, 0) is 30.3 Å². The van der Waals surface area contributed by atoms with E-state index in [4.69, 9.17) is 0 Å². The number of nitrogens with one attached hydrogen (secondary N) is 2. The summed E-state index contributed by atoms with van der Waals surface area (Å²) in [6, 6.07) is 9.43. The molecule has 0 radical (unpaired) electrons. The molecule has 2 N–H and O–H groups in total. The van der Waals surface area contributed by atoms with Crippen molar-refractivity contribution in [3.8, 4) is 0 Å². The van der Waals surface area contributed by atoms with Gasteiger partial charge in [-0.2, -0.15) is 0 Å². The van der Waals surface area contributed by atoms with E-state index in [2.05, 4.69) is 10.6 Å². The average Bonchev–Trinajstić information content (AvgIpc) is 2.43. The first-order valence-electron chi connectivity index (χ1n) is 6.10. The topological polar surface area (TPSA) is 58.2 Å². The first-order chi connectivity index (χ1) is 9.97. The van der Waals surface area contributed by atoms with Crippen molar-refractivity contribution < 1.29 is 18.4 Å². The van der Waals surface area contributed by atoms with Gasteiger partial charge in [-0.3, -0.25) is 9.59 Å². The molecule has 0 aliphatic heterocycles. The molecule has 0 saturated carbocycles. The molecule has 0 saturated heterocycles. The summed E-state index contributed by atoms with van der Waals surface area (Å²) in [5.74, 6) is -3.01. The average molecular weight is 290 g/mol. The predicted octanol–water partition coefficient (Wildman–Crippen LogP) is 3.18. The molecular weight excluding hydrogens is 278 g/mol. The van der Waals surface area contributed by atoms with Gasteiger partial charge in [-0.25, -0.2) is 8.78 Å². The Labute approximate surface area is 119 Å². The van der Waals surface area contributed by atoms with Gasteiger partial charge in [-0.15, -0.1) is 0 Å². The van der Waals surface area contributed by atoms with Gasteiger partial charge in [0.2, 0.25) is 5.91 Å². The summed E-state index contributed by atoms with van der Waals surface area (Å²) < 4.78 is 26.0. The van der Waals surface area contributed by atoms with Crippen LogP contribution < -0.4 is 10.6 Å². The zero-order valence-corrected chi connectivity index (χ0v) is 11.1. The lowest BCUT2D eigenvalue weighted by atomic mass is 10.2. The molecule has 0 fully saturated rings. The van der Waals surface area contributed by atoms with Crippen LogP contribution in [0.15, 0.2) is 42.5 Å². The summed E-state index contributed by atoms with van der Waals surface area (Å²) in [5, 5.41) is 5.10. The molecule has 0 heterocycles. The van der Waals surface area contributed by atoms with Crippen molar-refractivity contribution in [3.63, 3.8) is 0 Å². The lowest BCUT2D eigenvalue weighted by Crippen LogP contribution is -2.15. The summed E-state index contributed by atoms with van der Waals surface area (Å²) in [5.41, 5.74) is 0.759. The minimum atomic E-state index is -1.10. The predicted molar refractivity (Wildman–Crippen MR) is 75.1 cm³/mol. The molecule has 0 aromatic heterocycles. The number of hydrogen-bond donors (Lipinski definition) is 2. The molecule has 0 bridgehead atoms. The first kappa shape index (κ1) is 14.6. The normalized spacial score (nSPS) is 10.0. The Morgan fingerprint density at radius 1 is 0.905 bits per heavy atom. The van der Waals surface area contributed by atoms with Gasteiger partial charge in [0.25, 0.3) is 5.91 Å². The fourth-order valence-electron chi connectivity index (χ4n) is 1.72. The number of rotatable bonds is 3. The number of hydrogen-bond acceptors (Lipinski definition) is 2. The number of benzene rings is 2. The number of carbonyl (C=O) groups excluding carboxylic acids is 2. The SMILES string of the molecule is CC(=O)Nc1ccccc1NC(=O)c1ccc(F)c(F)c1. The van der Waals surface area contributed by atoms with Crippen LogP contribution in [0.2, 0.25) is 0 Å². The summed E-state index contributed by atoms with van der Waals surface area (Å²) in [6.07, 6.45) is 0. The summed E-state index contributed by atoms with van der Waals surface area (Å²) in [6.45, 7) is 1.34. The Morgan fingerprint density at radius 3 is 2.10 bits per heavy atom. The van der Waals surface area contributed by atoms with E-state index in [1.807, 2.05) is 0 Å². The van der Waals surface area contributed by atoms with E-state index in [1.54, 1.807) is 24.3 Å². The van der Waals surface area contributed by atoms with Gasteiger partial charge in [0.1, 0.15) is 0 Å². The van der Waals surface area contributed by atoms with Crippen molar-refractivity contribution in [1.82, 2.24) is 0 Å². The maximum Gasteiger partial charge on any atom is 0.255 e. The van der Waals surface area contributed by atoms with Gasteiger partial charge in [0.15, 0.2) is 11.6 Å². The number of para-hydroxylation sites is 2. The fraction of sp³-hybridized carbons (Fsp3) is 0.0667. The quantitative estimate of drug-likeness (QED) is 0.912. The van der Waals surface area contributed by atoms with Gasteiger partial charge in [0, 0.05) is 12.5 Å². The van der Waals surface area contributed by atoms with Crippen molar-refractivity contribution in [2.45, 2.75) is 6.92 Å².